The lowest BCUT2D eigenvalue weighted by Gasteiger charge is -2.07. The van der Waals surface area contributed by atoms with Crippen LogP contribution in [0.2, 0.25) is 0 Å². The summed E-state index contributed by atoms with van der Waals surface area (Å²) in [5, 5.41) is 7.60. The fourth-order valence-corrected chi connectivity index (χ4v) is 2.70. The topological polar surface area (TPSA) is 39.1 Å². The van der Waals surface area contributed by atoms with Crippen molar-refractivity contribution < 1.29 is 9.13 Å². The number of nitrogens with one attached hydrogen (secondary N) is 1. The number of ether oxygens (including phenoxy) is 1. The molecule has 0 saturated carbocycles. The quantitative estimate of drug-likeness (QED) is 0.908. The van der Waals surface area contributed by atoms with Gasteiger partial charge in [0.25, 0.3) is 0 Å². The van der Waals surface area contributed by atoms with Crippen molar-refractivity contribution in [3.63, 3.8) is 0 Å². The number of rotatable bonds is 5. The first-order chi connectivity index (χ1) is 9.51. The predicted octanol–water partition coefficient (Wildman–Crippen LogP) is 2.93. The Morgan fingerprint density at radius 2 is 2.10 bits per heavy atom. The molecule has 0 aliphatic heterocycles. The fourth-order valence-electron chi connectivity index (χ4n) is 2.18. The minimum Gasteiger partial charge on any atom is -0.481 e. The molecule has 108 valence electrons. The lowest BCUT2D eigenvalue weighted by atomic mass is 10.2. The SMILES string of the molecule is COc1c(CNCc2cc(F)cc(Br)c2)c(C)nn1C. The number of nitrogens with zero attached hydrogens (tertiary/aromatic N) is 2. The molecule has 1 aromatic carbocycles. The van der Waals surface area contributed by atoms with Crippen LogP contribution in [0.3, 0.4) is 0 Å². The van der Waals surface area contributed by atoms with Crippen LogP contribution in [0.1, 0.15) is 16.8 Å². The van der Waals surface area contributed by atoms with E-state index in [9.17, 15) is 4.39 Å². The third kappa shape index (κ3) is 3.37. The molecule has 0 saturated heterocycles. The lowest BCUT2D eigenvalue weighted by molar-refractivity contribution is 0.368. The smallest absolute Gasteiger partial charge is 0.216 e. The second-order valence-electron chi connectivity index (χ2n) is 4.58. The molecule has 1 N–H and O–H groups in total. The minimum absolute atomic E-state index is 0.244. The Balaban J connectivity index is 2.03. The van der Waals surface area contributed by atoms with Gasteiger partial charge in [-0.1, -0.05) is 15.9 Å². The second kappa shape index (κ2) is 6.37. The number of aromatic nitrogens is 2. The Morgan fingerprint density at radius 1 is 1.35 bits per heavy atom. The van der Waals surface area contributed by atoms with Crippen LogP contribution in [0, 0.1) is 12.7 Å². The van der Waals surface area contributed by atoms with Gasteiger partial charge in [0.05, 0.1) is 18.4 Å². The normalized spacial score (nSPS) is 10.8. The standard InChI is InChI=1S/C14H17BrFN3O/c1-9-13(14(20-3)19(2)18-9)8-17-7-10-4-11(15)6-12(16)5-10/h4-6,17H,7-8H2,1-3H3. The number of benzene rings is 1. The first-order valence-corrected chi connectivity index (χ1v) is 7.02. The highest BCUT2D eigenvalue weighted by Gasteiger charge is 2.13. The van der Waals surface area contributed by atoms with Crippen molar-refractivity contribution in [3.8, 4) is 5.88 Å². The molecule has 2 rings (SSSR count). The Kier molecular flexibility index (Phi) is 4.77. The third-order valence-electron chi connectivity index (χ3n) is 3.04. The van der Waals surface area contributed by atoms with Gasteiger partial charge in [-0.25, -0.2) is 9.07 Å². The van der Waals surface area contributed by atoms with E-state index >= 15 is 0 Å². The van der Waals surface area contributed by atoms with Gasteiger partial charge in [-0.3, -0.25) is 0 Å². The van der Waals surface area contributed by atoms with E-state index in [1.54, 1.807) is 11.8 Å². The second-order valence-corrected chi connectivity index (χ2v) is 5.49. The Morgan fingerprint density at radius 3 is 2.75 bits per heavy atom. The van der Waals surface area contributed by atoms with E-state index in [2.05, 4.69) is 26.3 Å². The van der Waals surface area contributed by atoms with Crippen LogP contribution in [-0.2, 0) is 20.1 Å². The van der Waals surface area contributed by atoms with E-state index in [0.29, 0.717) is 13.1 Å². The van der Waals surface area contributed by atoms with E-state index in [1.807, 2.05) is 20.0 Å². The molecule has 20 heavy (non-hydrogen) atoms. The molecule has 4 nitrogen and oxygen atoms in total. The molecule has 0 fully saturated rings. The largest absolute Gasteiger partial charge is 0.481 e. The molecular formula is C14H17BrFN3O. The van der Waals surface area contributed by atoms with E-state index in [0.717, 1.165) is 27.2 Å². The van der Waals surface area contributed by atoms with Crippen molar-refractivity contribution in [2.75, 3.05) is 7.11 Å². The number of halogens is 2. The zero-order valence-corrected chi connectivity index (χ0v) is 13.3. The molecule has 0 unspecified atom stereocenters. The number of aryl methyl sites for hydroxylation is 2. The van der Waals surface area contributed by atoms with Crippen LogP contribution < -0.4 is 10.1 Å². The Labute approximate surface area is 126 Å². The van der Waals surface area contributed by atoms with Crippen molar-refractivity contribution >= 4 is 15.9 Å². The van der Waals surface area contributed by atoms with E-state index in [4.69, 9.17) is 4.74 Å². The molecule has 0 bridgehead atoms. The third-order valence-corrected chi connectivity index (χ3v) is 3.49. The van der Waals surface area contributed by atoms with Gasteiger partial charge < -0.3 is 10.1 Å². The maximum Gasteiger partial charge on any atom is 0.216 e. The van der Waals surface area contributed by atoms with Crippen LogP contribution in [0.15, 0.2) is 22.7 Å². The van der Waals surface area contributed by atoms with Gasteiger partial charge in [-0.05, 0) is 30.7 Å². The molecule has 0 aliphatic carbocycles. The first kappa shape index (κ1) is 15.0. The molecule has 0 radical (unpaired) electrons. The summed E-state index contributed by atoms with van der Waals surface area (Å²) >= 11 is 3.29. The number of methoxy groups -OCH3 is 1. The molecule has 0 aliphatic rings. The van der Waals surface area contributed by atoms with E-state index in [1.165, 1.54) is 12.1 Å². The van der Waals surface area contributed by atoms with Crippen LogP contribution in [0.25, 0.3) is 0 Å². The zero-order valence-electron chi connectivity index (χ0n) is 11.7. The van der Waals surface area contributed by atoms with Gasteiger partial charge in [0.2, 0.25) is 5.88 Å². The summed E-state index contributed by atoms with van der Waals surface area (Å²) in [5.41, 5.74) is 2.83. The van der Waals surface area contributed by atoms with Gasteiger partial charge in [0.1, 0.15) is 5.82 Å². The minimum atomic E-state index is -0.244. The summed E-state index contributed by atoms with van der Waals surface area (Å²) in [6.07, 6.45) is 0. The highest BCUT2D eigenvalue weighted by Crippen LogP contribution is 2.21. The number of hydrogen-bond acceptors (Lipinski definition) is 3. The predicted molar refractivity (Wildman–Crippen MR) is 79.1 cm³/mol. The van der Waals surface area contributed by atoms with E-state index < -0.39 is 0 Å². The molecule has 1 aromatic heterocycles. The monoisotopic (exact) mass is 341 g/mol. The molecule has 0 atom stereocenters. The van der Waals surface area contributed by atoms with Gasteiger partial charge in [-0.2, -0.15) is 5.10 Å². The maximum atomic E-state index is 13.3. The Bertz CT molecular complexity index is 592. The summed E-state index contributed by atoms with van der Waals surface area (Å²) < 4.78 is 21.1. The highest BCUT2D eigenvalue weighted by molar-refractivity contribution is 9.10. The van der Waals surface area contributed by atoms with Crippen molar-refractivity contribution in [1.29, 1.82) is 0 Å². The zero-order chi connectivity index (χ0) is 14.7. The summed E-state index contributed by atoms with van der Waals surface area (Å²) in [7, 11) is 3.47. The lowest BCUT2D eigenvalue weighted by Crippen LogP contribution is -2.14. The average Bonchev–Trinajstić information content (AvgIpc) is 2.62. The van der Waals surface area contributed by atoms with Crippen molar-refractivity contribution in [3.05, 3.63) is 45.3 Å². The maximum absolute atomic E-state index is 13.3. The van der Waals surface area contributed by atoms with Crippen LogP contribution >= 0.6 is 15.9 Å². The summed E-state index contributed by atoms with van der Waals surface area (Å²) in [4.78, 5) is 0. The summed E-state index contributed by atoms with van der Waals surface area (Å²) in [6.45, 7) is 3.14. The van der Waals surface area contributed by atoms with Gasteiger partial charge in [-0.15, -0.1) is 0 Å². The first-order valence-electron chi connectivity index (χ1n) is 6.23. The van der Waals surface area contributed by atoms with Gasteiger partial charge >= 0.3 is 0 Å². The summed E-state index contributed by atoms with van der Waals surface area (Å²) in [6, 6.07) is 4.85. The van der Waals surface area contributed by atoms with Gasteiger partial charge in [0.15, 0.2) is 0 Å². The molecule has 0 spiro atoms. The molecule has 0 amide bonds. The van der Waals surface area contributed by atoms with Crippen LogP contribution in [0.5, 0.6) is 5.88 Å². The van der Waals surface area contributed by atoms with Gasteiger partial charge in [0, 0.05) is 24.6 Å². The highest BCUT2D eigenvalue weighted by atomic mass is 79.9. The Hall–Kier alpha value is -1.40. The fraction of sp³-hybridized carbons (Fsp3) is 0.357. The number of hydrogen-bond donors (Lipinski definition) is 1. The van der Waals surface area contributed by atoms with Crippen LogP contribution in [-0.4, -0.2) is 16.9 Å². The molecular weight excluding hydrogens is 325 g/mol. The van der Waals surface area contributed by atoms with Crippen molar-refractivity contribution in [1.82, 2.24) is 15.1 Å². The van der Waals surface area contributed by atoms with Crippen molar-refractivity contribution in [2.45, 2.75) is 20.0 Å². The van der Waals surface area contributed by atoms with Crippen LogP contribution in [0.4, 0.5) is 4.39 Å². The molecule has 1 heterocycles. The summed E-state index contributed by atoms with van der Waals surface area (Å²) in [5.74, 6) is 0.502. The van der Waals surface area contributed by atoms with E-state index in [-0.39, 0.29) is 5.82 Å². The molecule has 2 aromatic rings. The average molecular weight is 342 g/mol. The van der Waals surface area contributed by atoms with Crippen molar-refractivity contribution in [2.24, 2.45) is 7.05 Å². The molecule has 6 heteroatoms.